The number of nitrogens with zero attached hydrogens (tertiary/aromatic N) is 4. The van der Waals surface area contributed by atoms with Crippen LogP contribution in [-0.4, -0.2) is 37.2 Å². The molecule has 0 atom stereocenters. The predicted octanol–water partition coefficient (Wildman–Crippen LogP) is 4.62. The van der Waals surface area contributed by atoms with E-state index in [2.05, 4.69) is 15.4 Å². The summed E-state index contributed by atoms with van der Waals surface area (Å²) in [5, 5.41) is 6.99. The minimum absolute atomic E-state index is 0.0621. The highest BCUT2D eigenvalue weighted by atomic mass is 32.2. The number of nitrogens with one attached hydrogen (secondary N) is 1. The molecule has 0 saturated carbocycles. The van der Waals surface area contributed by atoms with Gasteiger partial charge in [-0.25, -0.2) is 9.67 Å². The van der Waals surface area contributed by atoms with Crippen molar-refractivity contribution >= 4 is 23.5 Å². The first-order valence-electron chi connectivity index (χ1n) is 8.88. The first kappa shape index (κ1) is 21.0. The number of amides is 1. The normalized spacial score (nSPS) is 11.8. The first-order valence-corrected chi connectivity index (χ1v) is 9.87. The zero-order chi connectivity index (χ0) is 21.0. The summed E-state index contributed by atoms with van der Waals surface area (Å²) in [5.41, 5.74) is 0.977. The molecule has 2 aromatic heterocycles. The molecule has 10 heteroatoms. The van der Waals surface area contributed by atoms with Crippen molar-refractivity contribution in [2.45, 2.75) is 37.8 Å². The van der Waals surface area contributed by atoms with Gasteiger partial charge in [-0.3, -0.25) is 4.79 Å². The highest BCUT2D eigenvalue weighted by Crippen LogP contribution is 2.30. The largest absolute Gasteiger partial charge is 0.406 e. The van der Waals surface area contributed by atoms with Crippen LogP contribution in [0.15, 0.2) is 53.9 Å². The lowest BCUT2D eigenvalue weighted by atomic mass is 10.2. The van der Waals surface area contributed by atoms with Crippen molar-refractivity contribution < 1.29 is 18.0 Å². The van der Waals surface area contributed by atoms with Gasteiger partial charge in [-0.05, 0) is 19.4 Å². The maximum atomic E-state index is 13.1. The van der Waals surface area contributed by atoms with Crippen LogP contribution < -0.4 is 5.32 Å². The molecule has 0 bridgehead atoms. The minimum atomic E-state index is -4.41. The number of halogens is 3. The summed E-state index contributed by atoms with van der Waals surface area (Å²) in [5.74, 6) is 0.112. The summed E-state index contributed by atoms with van der Waals surface area (Å²) in [7, 11) is 0. The van der Waals surface area contributed by atoms with Gasteiger partial charge in [-0.15, -0.1) is 0 Å². The topological polar surface area (TPSA) is 64.7 Å². The molecule has 2 heterocycles. The number of benzene rings is 1. The monoisotopic (exact) mass is 423 g/mol. The third-order valence-electron chi connectivity index (χ3n) is 3.99. The number of alkyl halides is 3. The second-order valence-corrected chi connectivity index (χ2v) is 7.53. The van der Waals surface area contributed by atoms with Crippen LogP contribution in [0.5, 0.6) is 0 Å². The Hall–Kier alpha value is -2.75. The summed E-state index contributed by atoms with van der Waals surface area (Å²) in [4.78, 5) is 16.4. The van der Waals surface area contributed by atoms with Gasteiger partial charge in [0.1, 0.15) is 12.4 Å². The van der Waals surface area contributed by atoms with Gasteiger partial charge in [-0.1, -0.05) is 42.1 Å². The standard InChI is InChI=1S/C19H20F3N5OS/c1-13(2)27-16(8-9-24-27)25-17(28)11-29-18-23-10-15(14-6-4-3-5-7-14)26(18)12-19(20,21)22/h3-10,13H,11-12H2,1-2H3,(H,25,28). The van der Waals surface area contributed by atoms with Crippen molar-refractivity contribution in [3.05, 3.63) is 48.8 Å². The van der Waals surface area contributed by atoms with E-state index in [9.17, 15) is 18.0 Å². The van der Waals surface area contributed by atoms with Gasteiger partial charge in [-0.2, -0.15) is 18.3 Å². The number of imidazole rings is 1. The average Bonchev–Trinajstić information content (AvgIpc) is 3.26. The van der Waals surface area contributed by atoms with Crippen molar-refractivity contribution in [1.29, 1.82) is 0 Å². The van der Waals surface area contributed by atoms with Gasteiger partial charge in [0, 0.05) is 12.1 Å². The van der Waals surface area contributed by atoms with E-state index in [4.69, 9.17) is 0 Å². The summed E-state index contributed by atoms with van der Waals surface area (Å²) < 4.78 is 42.1. The lowest BCUT2D eigenvalue weighted by Crippen LogP contribution is -2.20. The Balaban J connectivity index is 1.75. The fraction of sp³-hybridized carbons (Fsp3) is 0.316. The Morgan fingerprint density at radius 1 is 1.21 bits per heavy atom. The number of thioether (sulfide) groups is 1. The van der Waals surface area contributed by atoms with Crippen LogP contribution in [0.4, 0.5) is 19.0 Å². The van der Waals surface area contributed by atoms with E-state index in [1.807, 2.05) is 13.8 Å². The number of carbonyl (C=O) groups excluding carboxylic acids is 1. The fourth-order valence-electron chi connectivity index (χ4n) is 2.78. The Labute approximate surface area is 170 Å². The molecule has 3 aromatic rings. The number of rotatable bonds is 7. The third kappa shape index (κ3) is 5.41. The second-order valence-electron chi connectivity index (χ2n) is 6.58. The van der Waals surface area contributed by atoms with E-state index < -0.39 is 12.7 Å². The van der Waals surface area contributed by atoms with E-state index in [1.54, 1.807) is 47.3 Å². The minimum Gasteiger partial charge on any atom is -0.310 e. The molecule has 29 heavy (non-hydrogen) atoms. The quantitative estimate of drug-likeness (QED) is 0.563. The molecule has 0 aliphatic heterocycles. The van der Waals surface area contributed by atoms with E-state index >= 15 is 0 Å². The lowest BCUT2D eigenvalue weighted by Gasteiger charge is -2.14. The van der Waals surface area contributed by atoms with Crippen molar-refractivity contribution in [3.63, 3.8) is 0 Å². The van der Waals surface area contributed by atoms with Crippen molar-refractivity contribution in [2.24, 2.45) is 0 Å². The maximum Gasteiger partial charge on any atom is 0.406 e. The van der Waals surface area contributed by atoms with Crippen LogP contribution in [0.1, 0.15) is 19.9 Å². The molecular weight excluding hydrogens is 403 g/mol. The highest BCUT2D eigenvalue weighted by Gasteiger charge is 2.31. The molecular formula is C19H20F3N5OS. The summed E-state index contributed by atoms with van der Waals surface area (Å²) >= 11 is 0.958. The Bertz CT molecular complexity index is 966. The van der Waals surface area contributed by atoms with Crippen molar-refractivity contribution in [3.8, 4) is 11.3 Å². The molecule has 0 aliphatic rings. The number of anilines is 1. The van der Waals surface area contributed by atoms with Gasteiger partial charge in [0.05, 0.1) is 23.8 Å². The average molecular weight is 423 g/mol. The molecule has 1 aromatic carbocycles. The fourth-order valence-corrected chi connectivity index (χ4v) is 3.56. The molecule has 0 spiro atoms. The first-order chi connectivity index (χ1) is 13.7. The van der Waals surface area contributed by atoms with Crippen LogP contribution in [0.3, 0.4) is 0 Å². The Kier molecular flexibility index (Phi) is 6.31. The van der Waals surface area contributed by atoms with Gasteiger partial charge in [0.15, 0.2) is 5.16 Å². The van der Waals surface area contributed by atoms with Crippen LogP contribution in [-0.2, 0) is 11.3 Å². The summed E-state index contributed by atoms with van der Waals surface area (Å²) in [6, 6.07) is 10.5. The van der Waals surface area contributed by atoms with Gasteiger partial charge in [0.25, 0.3) is 0 Å². The third-order valence-corrected chi connectivity index (χ3v) is 4.98. The number of hydrogen-bond donors (Lipinski definition) is 1. The molecule has 0 aliphatic carbocycles. The number of aromatic nitrogens is 4. The molecule has 0 radical (unpaired) electrons. The predicted molar refractivity (Wildman–Crippen MR) is 106 cm³/mol. The van der Waals surface area contributed by atoms with Crippen LogP contribution in [0, 0.1) is 0 Å². The van der Waals surface area contributed by atoms with E-state index in [0.29, 0.717) is 17.1 Å². The molecule has 154 valence electrons. The molecule has 6 nitrogen and oxygen atoms in total. The van der Waals surface area contributed by atoms with Crippen molar-refractivity contribution in [2.75, 3.05) is 11.1 Å². The van der Waals surface area contributed by atoms with E-state index in [-0.39, 0.29) is 22.9 Å². The van der Waals surface area contributed by atoms with E-state index in [1.165, 1.54) is 6.20 Å². The Morgan fingerprint density at radius 3 is 2.59 bits per heavy atom. The van der Waals surface area contributed by atoms with Crippen LogP contribution in [0.25, 0.3) is 11.3 Å². The maximum absolute atomic E-state index is 13.1. The summed E-state index contributed by atoms with van der Waals surface area (Å²) in [6.07, 6.45) is -1.44. The molecule has 1 amide bonds. The molecule has 0 unspecified atom stereocenters. The van der Waals surface area contributed by atoms with Crippen LogP contribution in [0.2, 0.25) is 0 Å². The smallest absolute Gasteiger partial charge is 0.310 e. The van der Waals surface area contributed by atoms with E-state index in [0.717, 1.165) is 16.3 Å². The van der Waals surface area contributed by atoms with Gasteiger partial charge < -0.3 is 9.88 Å². The van der Waals surface area contributed by atoms with Gasteiger partial charge >= 0.3 is 6.18 Å². The zero-order valence-electron chi connectivity index (χ0n) is 15.8. The Morgan fingerprint density at radius 2 is 1.93 bits per heavy atom. The highest BCUT2D eigenvalue weighted by molar-refractivity contribution is 7.99. The van der Waals surface area contributed by atoms with Crippen LogP contribution >= 0.6 is 11.8 Å². The van der Waals surface area contributed by atoms with Gasteiger partial charge in [0.2, 0.25) is 5.91 Å². The number of hydrogen-bond acceptors (Lipinski definition) is 4. The number of carbonyl (C=O) groups is 1. The zero-order valence-corrected chi connectivity index (χ0v) is 16.7. The molecule has 3 rings (SSSR count). The lowest BCUT2D eigenvalue weighted by molar-refractivity contribution is -0.141. The molecule has 0 fully saturated rings. The second kappa shape index (κ2) is 8.73. The van der Waals surface area contributed by atoms with Crippen molar-refractivity contribution in [1.82, 2.24) is 19.3 Å². The SMILES string of the molecule is CC(C)n1nccc1NC(=O)CSc1ncc(-c2ccccc2)n1CC(F)(F)F. The molecule has 1 N–H and O–H groups in total. The molecule has 0 saturated heterocycles. The summed E-state index contributed by atoms with van der Waals surface area (Å²) in [6.45, 7) is 2.67.